The molecule has 12 heavy (non-hydrogen) atoms. The zero-order valence-electron chi connectivity index (χ0n) is 6.84. The quantitative estimate of drug-likeness (QED) is 0.741. The van der Waals surface area contributed by atoms with Gasteiger partial charge >= 0.3 is 0 Å². The number of hydrogen-bond donors (Lipinski definition) is 2. The Kier molecular flexibility index (Phi) is 2.95. The number of phenolic OH excluding ortho intramolecular Hbond substituents is 1. The molecular weight excluding hydrogens is 176 g/mol. The van der Waals surface area contributed by atoms with E-state index in [9.17, 15) is 5.11 Å². The van der Waals surface area contributed by atoms with E-state index in [2.05, 4.69) is 0 Å². The Bertz CT molecular complexity index is 284. The average molecular weight is 187 g/mol. The van der Waals surface area contributed by atoms with E-state index in [0.717, 1.165) is 11.1 Å². The predicted octanol–water partition coefficient (Wildman–Crippen LogP) is 1.89. The van der Waals surface area contributed by atoms with E-state index in [0.29, 0.717) is 11.4 Å². The first-order valence-electron chi connectivity index (χ1n) is 3.74. The predicted molar refractivity (Wildman–Crippen MR) is 48.6 cm³/mol. The Labute approximate surface area is 76.4 Å². The highest BCUT2D eigenvalue weighted by Gasteiger charge is 2.06. The standard InChI is InChI=1S/C9H11ClO2/c1-6-7(4-5-11)9(12)3-2-8(6)10/h2-3,11-12H,4-5H2,1H3. The molecule has 0 spiro atoms. The van der Waals surface area contributed by atoms with Crippen molar-refractivity contribution in [3.63, 3.8) is 0 Å². The van der Waals surface area contributed by atoms with Crippen LogP contribution in [-0.4, -0.2) is 16.8 Å². The largest absolute Gasteiger partial charge is 0.508 e. The summed E-state index contributed by atoms with van der Waals surface area (Å²) in [5.41, 5.74) is 1.57. The molecule has 1 aromatic rings. The molecule has 1 aromatic carbocycles. The summed E-state index contributed by atoms with van der Waals surface area (Å²) in [7, 11) is 0. The van der Waals surface area contributed by atoms with E-state index in [-0.39, 0.29) is 12.4 Å². The fourth-order valence-corrected chi connectivity index (χ4v) is 1.32. The van der Waals surface area contributed by atoms with Crippen LogP contribution in [0, 0.1) is 6.92 Å². The summed E-state index contributed by atoms with van der Waals surface area (Å²) in [6.45, 7) is 1.85. The van der Waals surface area contributed by atoms with Crippen molar-refractivity contribution in [3.05, 3.63) is 28.3 Å². The van der Waals surface area contributed by atoms with E-state index in [1.807, 2.05) is 6.92 Å². The minimum absolute atomic E-state index is 0.0226. The molecule has 66 valence electrons. The molecule has 0 amide bonds. The van der Waals surface area contributed by atoms with E-state index in [4.69, 9.17) is 16.7 Å². The van der Waals surface area contributed by atoms with Gasteiger partial charge in [-0.05, 0) is 31.0 Å². The van der Waals surface area contributed by atoms with Crippen LogP contribution >= 0.6 is 11.6 Å². The molecule has 0 aliphatic carbocycles. The zero-order chi connectivity index (χ0) is 9.14. The maximum atomic E-state index is 9.38. The SMILES string of the molecule is Cc1c(Cl)ccc(O)c1CCO. The summed E-state index contributed by atoms with van der Waals surface area (Å²) in [5, 5.41) is 18.7. The molecule has 0 radical (unpaired) electrons. The molecule has 3 heteroatoms. The van der Waals surface area contributed by atoms with Gasteiger partial charge in [0.1, 0.15) is 5.75 Å². The maximum absolute atomic E-state index is 9.38. The van der Waals surface area contributed by atoms with Crippen LogP contribution in [0.5, 0.6) is 5.75 Å². The second-order valence-corrected chi connectivity index (χ2v) is 3.05. The Morgan fingerprint density at radius 1 is 1.42 bits per heavy atom. The Hall–Kier alpha value is -0.730. The lowest BCUT2D eigenvalue weighted by Gasteiger charge is -2.07. The van der Waals surface area contributed by atoms with Crippen LogP contribution in [0.3, 0.4) is 0 Å². The fraction of sp³-hybridized carbons (Fsp3) is 0.333. The second-order valence-electron chi connectivity index (χ2n) is 2.64. The van der Waals surface area contributed by atoms with Gasteiger partial charge in [-0.3, -0.25) is 0 Å². The lowest BCUT2D eigenvalue weighted by Crippen LogP contribution is -1.95. The van der Waals surface area contributed by atoms with Crippen molar-refractivity contribution in [1.82, 2.24) is 0 Å². The molecule has 2 N–H and O–H groups in total. The summed E-state index contributed by atoms with van der Waals surface area (Å²) < 4.78 is 0. The van der Waals surface area contributed by atoms with Gasteiger partial charge in [0, 0.05) is 17.2 Å². The smallest absolute Gasteiger partial charge is 0.119 e. The molecule has 0 atom stereocenters. The van der Waals surface area contributed by atoms with Gasteiger partial charge in [-0.2, -0.15) is 0 Å². The van der Waals surface area contributed by atoms with Gasteiger partial charge in [-0.25, -0.2) is 0 Å². The van der Waals surface area contributed by atoms with Crippen molar-refractivity contribution >= 4 is 11.6 Å². The molecule has 2 nitrogen and oxygen atoms in total. The van der Waals surface area contributed by atoms with Crippen molar-refractivity contribution in [2.75, 3.05) is 6.61 Å². The summed E-state index contributed by atoms with van der Waals surface area (Å²) in [4.78, 5) is 0. The van der Waals surface area contributed by atoms with E-state index in [1.54, 1.807) is 12.1 Å². The van der Waals surface area contributed by atoms with Crippen molar-refractivity contribution in [2.24, 2.45) is 0 Å². The van der Waals surface area contributed by atoms with Crippen molar-refractivity contribution < 1.29 is 10.2 Å². The van der Waals surface area contributed by atoms with Crippen LogP contribution in [0.25, 0.3) is 0 Å². The first-order chi connectivity index (χ1) is 5.66. The van der Waals surface area contributed by atoms with Gasteiger partial charge in [-0.15, -0.1) is 0 Å². The van der Waals surface area contributed by atoms with Crippen molar-refractivity contribution in [1.29, 1.82) is 0 Å². The monoisotopic (exact) mass is 186 g/mol. The third-order valence-corrected chi connectivity index (χ3v) is 2.28. The molecule has 0 saturated carbocycles. The summed E-state index contributed by atoms with van der Waals surface area (Å²) in [6, 6.07) is 3.19. The van der Waals surface area contributed by atoms with Gasteiger partial charge in [0.25, 0.3) is 0 Å². The second kappa shape index (κ2) is 3.78. The van der Waals surface area contributed by atoms with Gasteiger partial charge in [-0.1, -0.05) is 11.6 Å². The van der Waals surface area contributed by atoms with E-state index >= 15 is 0 Å². The highest BCUT2D eigenvalue weighted by Crippen LogP contribution is 2.27. The van der Waals surface area contributed by atoms with Crippen LogP contribution in [0.1, 0.15) is 11.1 Å². The molecule has 0 unspecified atom stereocenters. The molecule has 0 aliphatic rings. The Balaban J connectivity index is 3.14. The minimum Gasteiger partial charge on any atom is -0.508 e. The van der Waals surface area contributed by atoms with Crippen LogP contribution in [0.15, 0.2) is 12.1 Å². The fourth-order valence-electron chi connectivity index (χ4n) is 1.14. The lowest BCUT2D eigenvalue weighted by molar-refractivity contribution is 0.297. The van der Waals surface area contributed by atoms with E-state index < -0.39 is 0 Å². The number of phenols is 1. The normalized spacial score (nSPS) is 10.2. The molecule has 1 rings (SSSR count). The average Bonchev–Trinajstić information content (AvgIpc) is 2.06. The zero-order valence-corrected chi connectivity index (χ0v) is 7.60. The molecule has 0 bridgehead atoms. The molecule has 0 saturated heterocycles. The summed E-state index contributed by atoms with van der Waals surface area (Å²) in [5.74, 6) is 0.200. The number of aliphatic hydroxyl groups excluding tert-OH is 1. The molecular formula is C9H11ClO2. The number of rotatable bonds is 2. The number of halogens is 1. The first kappa shape index (κ1) is 9.36. The van der Waals surface area contributed by atoms with E-state index in [1.165, 1.54) is 0 Å². The van der Waals surface area contributed by atoms with Crippen LogP contribution in [0.2, 0.25) is 5.02 Å². The third kappa shape index (κ3) is 1.71. The highest BCUT2D eigenvalue weighted by molar-refractivity contribution is 6.31. The maximum Gasteiger partial charge on any atom is 0.119 e. The van der Waals surface area contributed by atoms with Gasteiger partial charge < -0.3 is 10.2 Å². The van der Waals surface area contributed by atoms with Crippen molar-refractivity contribution in [3.8, 4) is 5.75 Å². The highest BCUT2D eigenvalue weighted by atomic mass is 35.5. The first-order valence-corrected chi connectivity index (χ1v) is 4.12. The summed E-state index contributed by atoms with van der Waals surface area (Å²) in [6.07, 6.45) is 0.443. The van der Waals surface area contributed by atoms with Gasteiger partial charge in [0.2, 0.25) is 0 Å². The Morgan fingerprint density at radius 2 is 2.08 bits per heavy atom. The molecule has 0 fully saturated rings. The third-order valence-electron chi connectivity index (χ3n) is 1.87. The minimum atomic E-state index is 0.0226. The number of hydrogen-bond acceptors (Lipinski definition) is 2. The number of benzene rings is 1. The van der Waals surface area contributed by atoms with Gasteiger partial charge in [0.15, 0.2) is 0 Å². The van der Waals surface area contributed by atoms with Crippen LogP contribution in [-0.2, 0) is 6.42 Å². The molecule has 0 aliphatic heterocycles. The van der Waals surface area contributed by atoms with Crippen LogP contribution in [0.4, 0.5) is 0 Å². The molecule has 0 heterocycles. The number of aromatic hydroxyl groups is 1. The number of aliphatic hydroxyl groups is 1. The summed E-state index contributed by atoms with van der Waals surface area (Å²) >= 11 is 5.83. The molecule has 0 aromatic heterocycles. The lowest BCUT2D eigenvalue weighted by atomic mass is 10.1. The van der Waals surface area contributed by atoms with Crippen molar-refractivity contribution in [2.45, 2.75) is 13.3 Å². The van der Waals surface area contributed by atoms with Crippen LogP contribution < -0.4 is 0 Å². The topological polar surface area (TPSA) is 40.5 Å². The van der Waals surface area contributed by atoms with Gasteiger partial charge in [0.05, 0.1) is 0 Å². The Morgan fingerprint density at radius 3 is 2.67 bits per heavy atom.